The molecule has 1 heterocycles. The van der Waals surface area contributed by atoms with Crippen LogP contribution in [0.4, 0.5) is 0 Å². The third-order valence-electron chi connectivity index (χ3n) is 13.2. The van der Waals surface area contributed by atoms with Crippen LogP contribution in [0.2, 0.25) is 0 Å². The lowest BCUT2D eigenvalue weighted by Crippen LogP contribution is -2.25. The molecule has 0 amide bonds. The van der Waals surface area contributed by atoms with E-state index < -0.39 is 0 Å². The maximum absolute atomic E-state index is 5.56. The van der Waals surface area contributed by atoms with Crippen LogP contribution in [0.5, 0.6) is 0 Å². The second kappa shape index (κ2) is 17.7. The molecule has 9 rings (SSSR count). The van der Waals surface area contributed by atoms with Crippen molar-refractivity contribution in [2.45, 2.75) is 109 Å². The van der Waals surface area contributed by atoms with E-state index in [9.17, 15) is 0 Å². The summed E-state index contributed by atoms with van der Waals surface area (Å²) in [5.41, 5.74) is 14.3. The van der Waals surface area contributed by atoms with E-state index in [0.29, 0.717) is 0 Å². The van der Waals surface area contributed by atoms with Gasteiger partial charge in [-0.15, -0.1) is 0 Å². The quantitative estimate of drug-likeness (QED) is 0.0681. The van der Waals surface area contributed by atoms with Gasteiger partial charge < -0.3 is 0 Å². The van der Waals surface area contributed by atoms with E-state index >= 15 is 0 Å². The largest absolute Gasteiger partial charge is 0.244 e. The number of hydrogen-bond donors (Lipinski definition) is 0. The fraction of sp³-hybridized carbons (Fsp3) is 0.298. The van der Waals surface area contributed by atoms with Gasteiger partial charge in [-0.3, -0.25) is 0 Å². The van der Waals surface area contributed by atoms with Crippen LogP contribution in [-0.2, 0) is 5.41 Å². The lowest BCUT2D eigenvalue weighted by atomic mass is 9.70. The van der Waals surface area contributed by atoms with Gasteiger partial charge in [-0.25, -0.2) is 9.97 Å². The number of rotatable bonds is 17. The van der Waals surface area contributed by atoms with Gasteiger partial charge in [0.05, 0.1) is 22.4 Å². The second-order valence-electron chi connectivity index (χ2n) is 17.1. The Balaban J connectivity index is 1.25. The van der Waals surface area contributed by atoms with E-state index in [1.807, 2.05) is 0 Å². The molecule has 0 aliphatic heterocycles. The van der Waals surface area contributed by atoms with Crippen molar-refractivity contribution in [1.29, 1.82) is 0 Å². The first-order chi connectivity index (χ1) is 29.2. The zero-order chi connectivity index (χ0) is 40.0. The SMILES string of the molecule is CCCCCCCCC1(CCCCCCCC)c2cc(-c3c4ccccc4cc4ccccc34)ccc2-c2cc3nc(-c4ccccc4)c(-c4ccccc4)nc3cc21. The van der Waals surface area contributed by atoms with E-state index in [1.54, 1.807) is 0 Å². The molecule has 1 aliphatic carbocycles. The number of unbranched alkanes of at least 4 members (excludes halogenated alkanes) is 10. The van der Waals surface area contributed by atoms with Gasteiger partial charge in [0.2, 0.25) is 0 Å². The Morgan fingerprint density at radius 3 is 1.42 bits per heavy atom. The predicted octanol–water partition coefficient (Wildman–Crippen LogP) is 16.7. The molecule has 0 unspecified atom stereocenters. The van der Waals surface area contributed by atoms with Gasteiger partial charge >= 0.3 is 0 Å². The average molecular weight is 771 g/mol. The molecule has 59 heavy (non-hydrogen) atoms. The third kappa shape index (κ3) is 7.71. The average Bonchev–Trinajstić information content (AvgIpc) is 3.54. The van der Waals surface area contributed by atoms with Crippen molar-refractivity contribution < 1.29 is 0 Å². The van der Waals surface area contributed by atoms with Gasteiger partial charge in [-0.2, -0.15) is 0 Å². The Morgan fingerprint density at radius 1 is 0.390 bits per heavy atom. The van der Waals surface area contributed by atoms with Gasteiger partial charge in [0, 0.05) is 16.5 Å². The summed E-state index contributed by atoms with van der Waals surface area (Å²) in [6.07, 6.45) is 17.8. The molecular weight excluding hydrogens is 713 g/mol. The topological polar surface area (TPSA) is 25.8 Å². The number of aromatic nitrogens is 2. The highest BCUT2D eigenvalue weighted by molar-refractivity contribution is 6.13. The minimum absolute atomic E-state index is 0.0997. The summed E-state index contributed by atoms with van der Waals surface area (Å²) in [6, 6.07) is 53.9. The first-order valence-corrected chi connectivity index (χ1v) is 22.7. The van der Waals surface area contributed by atoms with Crippen LogP contribution in [0, 0.1) is 0 Å². The van der Waals surface area contributed by atoms with Crippen molar-refractivity contribution >= 4 is 32.6 Å². The fourth-order valence-electron chi connectivity index (χ4n) is 10.2. The summed E-state index contributed by atoms with van der Waals surface area (Å²) < 4.78 is 0. The first kappa shape index (κ1) is 38.9. The Kier molecular flexibility index (Phi) is 11.7. The van der Waals surface area contributed by atoms with E-state index in [4.69, 9.17) is 9.97 Å². The molecule has 0 radical (unpaired) electrons. The molecule has 0 N–H and O–H groups in total. The van der Waals surface area contributed by atoms with Crippen molar-refractivity contribution in [2.24, 2.45) is 0 Å². The molecule has 0 atom stereocenters. The van der Waals surface area contributed by atoms with E-state index in [1.165, 1.54) is 132 Å². The summed E-state index contributed by atoms with van der Waals surface area (Å²) >= 11 is 0. The normalized spacial score (nSPS) is 13.0. The van der Waals surface area contributed by atoms with Crippen LogP contribution in [0.15, 0.2) is 146 Å². The first-order valence-electron chi connectivity index (χ1n) is 22.7. The van der Waals surface area contributed by atoms with E-state index in [-0.39, 0.29) is 5.41 Å². The molecule has 2 nitrogen and oxygen atoms in total. The van der Waals surface area contributed by atoms with Crippen LogP contribution >= 0.6 is 0 Å². The maximum atomic E-state index is 5.56. The monoisotopic (exact) mass is 770 g/mol. The minimum Gasteiger partial charge on any atom is -0.244 e. The highest BCUT2D eigenvalue weighted by Crippen LogP contribution is 2.56. The Hall–Kier alpha value is -5.60. The summed E-state index contributed by atoms with van der Waals surface area (Å²) in [4.78, 5) is 11.1. The van der Waals surface area contributed by atoms with Gasteiger partial charge in [-0.1, -0.05) is 212 Å². The van der Waals surface area contributed by atoms with Crippen LogP contribution in [0.25, 0.3) is 77.3 Å². The van der Waals surface area contributed by atoms with Crippen molar-refractivity contribution in [3.8, 4) is 44.8 Å². The van der Waals surface area contributed by atoms with Crippen LogP contribution in [-0.4, -0.2) is 9.97 Å². The minimum atomic E-state index is -0.0997. The highest BCUT2D eigenvalue weighted by Gasteiger charge is 2.43. The molecule has 7 aromatic carbocycles. The van der Waals surface area contributed by atoms with Crippen LogP contribution < -0.4 is 0 Å². The Labute approximate surface area is 351 Å². The molecule has 0 bridgehead atoms. The summed E-state index contributed by atoms with van der Waals surface area (Å²) in [5, 5.41) is 5.23. The summed E-state index contributed by atoms with van der Waals surface area (Å²) in [7, 11) is 0. The van der Waals surface area contributed by atoms with Crippen molar-refractivity contribution in [1.82, 2.24) is 9.97 Å². The van der Waals surface area contributed by atoms with E-state index in [2.05, 4.69) is 159 Å². The van der Waals surface area contributed by atoms with E-state index in [0.717, 1.165) is 46.4 Å². The smallest absolute Gasteiger partial charge is 0.0973 e. The molecule has 1 aliphatic rings. The molecule has 296 valence electrons. The van der Waals surface area contributed by atoms with Crippen LogP contribution in [0.1, 0.15) is 115 Å². The van der Waals surface area contributed by atoms with Gasteiger partial charge in [-0.05, 0) is 92.0 Å². The molecule has 0 spiro atoms. The predicted molar refractivity (Wildman–Crippen MR) is 253 cm³/mol. The molecule has 0 saturated carbocycles. The van der Waals surface area contributed by atoms with Crippen molar-refractivity contribution in [3.05, 3.63) is 157 Å². The summed E-state index contributed by atoms with van der Waals surface area (Å²) in [6.45, 7) is 4.63. The Bertz CT molecular complexity index is 2620. The standard InChI is InChI=1S/C57H58N2/c1-3-5-7-9-11-23-35-57(36-24-12-10-8-6-4-2)50-38-45(54-46-31-21-19-29-43(46)37-44-30-20-22-32-47(44)54)33-34-48(50)49-39-52-53(40-51(49)57)59-56(42-27-17-14-18-28-42)55(58-52)41-25-15-13-16-26-41/h13-22,25-34,37-40H,3-12,23-24,35-36H2,1-2H3. The third-order valence-corrected chi connectivity index (χ3v) is 13.2. The fourth-order valence-corrected chi connectivity index (χ4v) is 10.2. The number of fused-ring (bicyclic) bond motifs is 6. The molecule has 0 fully saturated rings. The second-order valence-corrected chi connectivity index (χ2v) is 17.1. The van der Waals surface area contributed by atoms with Crippen molar-refractivity contribution in [2.75, 3.05) is 0 Å². The number of benzene rings is 7. The van der Waals surface area contributed by atoms with Gasteiger partial charge in [0.15, 0.2) is 0 Å². The van der Waals surface area contributed by atoms with Crippen LogP contribution in [0.3, 0.4) is 0 Å². The zero-order valence-corrected chi connectivity index (χ0v) is 35.2. The number of hydrogen-bond acceptors (Lipinski definition) is 2. The lowest BCUT2D eigenvalue weighted by molar-refractivity contribution is 0.398. The molecule has 1 aromatic heterocycles. The molecule has 0 saturated heterocycles. The summed E-state index contributed by atoms with van der Waals surface area (Å²) in [5.74, 6) is 0. The molecule has 8 aromatic rings. The number of nitrogens with zero attached hydrogens (tertiary/aromatic N) is 2. The van der Waals surface area contributed by atoms with Gasteiger partial charge in [0.25, 0.3) is 0 Å². The Morgan fingerprint density at radius 2 is 0.864 bits per heavy atom. The highest BCUT2D eigenvalue weighted by atomic mass is 14.8. The molecular formula is C57H58N2. The molecule has 2 heteroatoms. The zero-order valence-electron chi connectivity index (χ0n) is 35.2. The maximum Gasteiger partial charge on any atom is 0.0973 e. The lowest BCUT2D eigenvalue weighted by Gasteiger charge is -2.33. The van der Waals surface area contributed by atoms with Crippen molar-refractivity contribution in [3.63, 3.8) is 0 Å². The van der Waals surface area contributed by atoms with Gasteiger partial charge in [0.1, 0.15) is 0 Å².